The van der Waals surface area contributed by atoms with Crippen molar-refractivity contribution >= 4 is 38.9 Å². The van der Waals surface area contributed by atoms with E-state index in [1.165, 1.54) is 50.1 Å². The SMILES string of the molecule is CC(C)c1cccc(C(C)C)c1C1=CN(c2cc(C(C)(C)C)cc(C(C)(C)C)c2)[CH-]N1c1[c-]c(Oc2[c-]c3c(cc2)c2cc(C(C)(C)C)ccc2n3-c2cc(C(C)(C)c3ccccc3)ccn2)cc(C(C)(C)c2ccccc2)c1.[Pt]. The minimum atomic E-state index is -0.414. The molecule has 5 nitrogen and oxygen atoms in total. The molecule has 0 amide bonds. The molecular formula is C74H81N4OPt-3. The maximum Gasteiger partial charge on any atom is 0.135 e. The van der Waals surface area contributed by atoms with Crippen LogP contribution >= 0.6 is 0 Å². The molecule has 0 saturated carbocycles. The van der Waals surface area contributed by atoms with Gasteiger partial charge in [0.15, 0.2) is 0 Å². The smallest absolute Gasteiger partial charge is 0.135 e. The molecule has 416 valence electrons. The Labute approximate surface area is 493 Å². The second kappa shape index (κ2) is 21.7. The van der Waals surface area contributed by atoms with Gasteiger partial charge < -0.3 is 19.1 Å². The number of rotatable bonds is 12. The van der Waals surface area contributed by atoms with Gasteiger partial charge in [0, 0.05) is 66.6 Å². The van der Waals surface area contributed by atoms with E-state index in [4.69, 9.17) is 9.72 Å². The van der Waals surface area contributed by atoms with Gasteiger partial charge >= 0.3 is 0 Å². The van der Waals surface area contributed by atoms with E-state index in [9.17, 15) is 0 Å². The zero-order valence-corrected chi connectivity index (χ0v) is 52.6. The number of aromatic nitrogens is 2. The summed E-state index contributed by atoms with van der Waals surface area (Å²) in [7, 11) is 0. The third-order valence-corrected chi connectivity index (χ3v) is 16.6. The van der Waals surface area contributed by atoms with E-state index in [2.05, 4.69) is 309 Å². The van der Waals surface area contributed by atoms with E-state index in [1.54, 1.807) is 0 Å². The molecule has 2 aromatic heterocycles. The average molecular weight is 1240 g/mol. The number of fused-ring (bicyclic) bond motifs is 3. The van der Waals surface area contributed by atoms with Gasteiger partial charge in [0.1, 0.15) is 5.82 Å². The van der Waals surface area contributed by atoms with Crippen LogP contribution in [0.15, 0.2) is 164 Å². The van der Waals surface area contributed by atoms with Gasteiger partial charge in [0.25, 0.3) is 0 Å². The molecule has 1 aliphatic heterocycles. The van der Waals surface area contributed by atoms with Crippen LogP contribution in [0.4, 0.5) is 11.4 Å². The van der Waals surface area contributed by atoms with Gasteiger partial charge in [-0.3, -0.25) is 0 Å². The summed E-state index contributed by atoms with van der Waals surface area (Å²) in [6, 6.07) is 63.3. The summed E-state index contributed by atoms with van der Waals surface area (Å²) in [6.07, 6.45) is 4.29. The minimum absolute atomic E-state index is 0. The second-order valence-corrected chi connectivity index (χ2v) is 26.8. The normalized spacial score (nSPS) is 13.7. The van der Waals surface area contributed by atoms with Gasteiger partial charge in [0.05, 0.1) is 0 Å². The Bertz CT molecular complexity index is 3690. The number of pyridine rings is 1. The molecular weight excluding hydrogens is 1160 g/mol. The Morgan fingerprint density at radius 2 is 1.06 bits per heavy atom. The first-order valence-electron chi connectivity index (χ1n) is 28.5. The van der Waals surface area contributed by atoms with E-state index in [1.807, 2.05) is 6.20 Å². The van der Waals surface area contributed by atoms with E-state index in [0.29, 0.717) is 11.5 Å². The van der Waals surface area contributed by atoms with Crippen molar-refractivity contribution in [2.75, 3.05) is 9.80 Å². The van der Waals surface area contributed by atoms with Gasteiger partial charge in [-0.2, -0.15) is 6.07 Å². The van der Waals surface area contributed by atoms with Crippen molar-refractivity contribution in [3.05, 3.63) is 238 Å². The molecule has 0 fully saturated rings. The van der Waals surface area contributed by atoms with Crippen LogP contribution in [0.5, 0.6) is 11.5 Å². The molecule has 9 aromatic rings. The third kappa shape index (κ3) is 11.2. The Balaban J connectivity index is 0.00000774. The van der Waals surface area contributed by atoms with E-state index < -0.39 is 5.41 Å². The van der Waals surface area contributed by atoms with Crippen LogP contribution in [0.3, 0.4) is 0 Å². The predicted octanol–water partition coefficient (Wildman–Crippen LogP) is 19.8. The molecule has 1 aliphatic rings. The first-order valence-corrected chi connectivity index (χ1v) is 28.5. The number of anilines is 2. The molecule has 0 saturated heterocycles. The van der Waals surface area contributed by atoms with Crippen LogP contribution in [0.25, 0.3) is 33.3 Å². The predicted molar refractivity (Wildman–Crippen MR) is 334 cm³/mol. The number of nitrogens with zero attached hydrogens (tertiary/aromatic N) is 4. The largest absolute Gasteiger partial charge is 0.509 e. The summed E-state index contributed by atoms with van der Waals surface area (Å²) in [5.41, 5.74) is 16.7. The maximum atomic E-state index is 7.22. The van der Waals surface area contributed by atoms with Crippen LogP contribution in [0.2, 0.25) is 0 Å². The molecule has 0 spiro atoms. The van der Waals surface area contributed by atoms with Gasteiger partial charge in [0.2, 0.25) is 0 Å². The van der Waals surface area contributed by atoms with Crippen LogP contribution in [0, 0.1) is 18.8 Å². The van der Waals surface area contributed by atoms with Crippen molar-refractivity contribution in [3.8, 4) is 17.3 Å². The van der Waals surface area contributed by atoms with Crippen molar-refractivity contribution in [2.24, 2.45) is 0 Å². The first-order chi connectivity index (χ1) is 37.2. The zero-order valence-electron chi connectivity index (χ0n) is 50.3. The molecule has 7 aromatic carbocycles. The van der Waals surface area contributed by atoms with Crippen LogP contribution in [-0.4, -0.2) is 9.55 Å². The Morgan fingerprint density at radius 1 is 0.487 bits per heavy atom. The molecule has 0 radical (unpaired) electrons. The van der Waals surface area contributed by atoms with Crippen molar-refractivity contribution in [2.45, 2.75) is 157 Å². The summed E-state index contributed by atoms with van der Waals surface area (Å²) >= 11 is 0. The van der Waals surface area contributed by atoms with Gasteiger partial charge in [-0.05, 0) is 120 Å². The molecule has 6 heteroatoms. The molecule has 10 rings (SSSR count). The van der Waals surface area contributed by atoms with Crippen molar-refractivity contribution in [1.29, 1.82) is 0 Å². The molecule has 0 bridgehead atoms. The summed E-state index contributed by atoms with van der Waals surface area (Å²) < 4.78 is 9.49. The van der Waals surface area contributed by atoms with Crippen molar-refractivity contribution in [3.63, 3.8) is 0 Å². The minimum Gasteiger partial charge on any atom is -0.509 e. The standard InChI is InChI=1S/C74H81N4O.Pt/c1-48(2)61-29-24-30-62(49(3)4)69(61)67-46-76(57-38-54(71(8,9)10)37-55(39-57)72(11,12)13)47-77(67)58-40-56(74(16,17)51-27-22-19-23-28-51)41-60(44-58)79-59-32-33-63-64-42-52(70(5,6)7)31-34-65(64)78(66(63)45-59)68-43-53(35-36-75-68)73(14,15)50-25-20-18-21-26-50;/h18-43,46-49H,1-17H3;/q-3;. The molecule has 0 atom stereocenters. The van der Waals surface area contributed by atoms with Crippen molar-refractivity contribution < 1.29 is 25.8 Å². The van der Waals surface area contributed by atoms with Gasteiger partial charge in [-0.25, -0.2) is 4.98 Å². The summed E-state index contributed by atoms with van der Waals surface area (Å²) in [6.45, 7) is 41.4. The summed E-state index contributed by atoms with van der Waals surface area (Å²) in [4.78, 5) is 9.79. The van der Waals surface area contributed by atoms with E-state index in [0.717, 1.165) is 50.3 Å². The van der Waals surface area contributed by atoms with Crippen LogP contribution in [0.1, 0.15) is 185 Å². The average Bonchev–Trinajstić information content (AvgIpc) is 4.00. The van der Waals surface area contributed by atoms with Crippen LogP contribution < -0.4 is 14.5 Å². The molecule has 0 unspecified atom stereocenters. The molecule has 80 heavy (non-hydrogen) atoms. The Kier molecular flexibility index (Phi) is 15.7. The number of benzene rings is 7. The maximum absolute atomic E-state index is 7.22. The molecule has 0 N–H and O–H groups in total. The summed E-state index contributed by atoms with van der Waals surface area (Å²) in [5, 5.41) is 2.24. The fourth-order valence-electron chi connectivity index (χ4n) is 11.3. The second-order valence-electron chi connectivity index (χ2n) is 26.8. The monoisotopic (exact) mass is 1240 g/mol. The Hall–Kier alpha value is -6.68. The van der Waals surface area contributed by atoms with E-state index in [-0.39, 0.29) is 54.6 Å². The fourth-order valence-corrected chi connectivity index (χ4v) is 11.3. The zero-order chi connectivity index (χ0) is 56.6. The number of ether oxygens (including phenoxy) is 1. The topological polar surface area (TPSA) is 33.5 Å². The first kappa shape index (κ1) is 58.0. The van der Waals surface area contributed by atoms with Gasteiger partial charge in [-0.15, -0.1) is 53.6 Å². The van der Waals surface area contributed by atoms with Gasteiger partial charge in [-0.1, -0.05) is 220 Å². The summed E-state index contributed by atoms with van der Waals surface area (Å²) in [5.74, 6) is 2.59. The fraction of sp³-hybridized carbons (Fsp3) is 0.324. The third-order valence-electron chi connectivity index (χ3n) is 16.6. The van der Waals surface area contributed by atoms with Crippen LogP contribution in [-0.2, 0) is 48.1 Å². The van der Waals surface area contributed by atoms with Crippen molar-refractivity contribution in [1.82, 2.24) is 9.55 Å². The number of hydrogen-bond donors (Lipinski definition) is 0. The number of hydrogen-bond acceptors (Lipinski definition) is 4. The van der Waals surface area contributed by atoms with E-state index >= 15 is 0 Å². The quantitative estimate of drug-likeness (QED) is 0.114. The molecule has 3 heterocycles. The molecule has 0 aliphatic carbocycles. The Morgan fingerprint density at radius 3 is 1.62 bits per heavy atom.